The van der Waals surface area contributed by atoms with Gasteiger partial charge in [0.25, 0.3) is 5.69 Å². The van der Waals surface area contributed by atoms with E-state index in [9.17, 15) is 18.5 Å². The van der Waals surface area contributed by atoms with Gasteiger partial charge in [-0.15, -0.1) is 0 Å². The maximum Gasteiger partial charge on any atom is 0.269 e. The fraction of sp³-hybridized carbons (Fsp3) is 0.455. The van der Waals surface area contributed by atoms with Crippen molar-refractivity contribution >= 4 is 37.3 Å². The van der Waals surface area contributed by atoms with Crippen molar-refractivity contribution in [2.45, 2.75) is 0 Å². The summed E-state index contributed by atoms with van der Waals surface area (Å²) in [5.41, 5.74) is 0.917. The number of piperazine rings is 1. The quantitative estimate of drug-likeness (QED) is 0.458. The van der Waals surface area contributed by atoms with E-state index in [4.69, 9.17) is 0 Å². The first-order valence-electron chi connectivity index (χ1n) is 5.97. The summed E-state index contributed by atoms with van der Waals surface area (Å²) in [5, 5.41) is 10.6. The minimum Gasteiger partial charge on any atom is -0.369 e. The standard InChI is InChI=1S/C11H14BrN3O4S/c12-9-20(18,19)14-7-5-13(6-8-14)10-1-3-11(4-2-10)15(16)17/h1-4H,5-9H2. The van der Waals surface area contributed by atoms with Gasteiger partial charge in [0.2, 0.25) is 10.0 Å². The largest absolute Gasteiger partial charge is 0.369 e. The molecular weight excluding hydrogens is 350 g/mol. The monoisotopic (exact) mass is 363 g/mol. The predicted molar refractivity (Wildman–Crippen MR) is 79.6 cm³/mol. The summed E-state index contributed by atoms with van der Waals surface area (Å²) in [6, 6.07) is 6.29. The highest BCUT2D eigenvalue weighted by Gasteiger charge is 2.26. The van der Waals surface area contributed by atoms with Crippen LogP contribution in [0.3, 0.4) is 0 Å². The van der Waals surface area contributed by atoms with Gasteiger partial charge in [0, 0.05) is 44.0 Å². The Morgan fingerprint density at radius 2 is 1.70 bits per heavy atom. The van der Waals surface area contributed by atoms with Gasteiger partial charge >= 0.3 is 0 Å². The number of nitrogens with zero attached hydrogens (tertiary/aromatic N) is 3. The molecule has 0 unspecified atom stereocenters. The molecule has 1 aliphatic heterocycles. The van der Waals surface area contributed by atoms with Crippen LogP contribution in [0.5, 0.6) is 0 Å². The zero-order valence-corrected chi connectivity index (χ0v) is 13.0. The molecule has 2 rings (SSSR count). The third-order valence-corrected chi connectivity index (χ3v) is 6.36. The summed E-state index contributed by atoms with van der Waals surface area (Å²) in [4.78, 5) is 12.2. The van der Waals surface area contributed by atoms with Gasteiger partial charge in [-0.2, -0.15) is 4.31 Å². The molecule has 0 saturated carbocycles. The Balaban J connectivity index is 2.02. The number of sulfonamides is 1. The van der Waals surface area contributed by atoms with Gasteiger partial charge in [0.15, 0.2) is 0 Å². The summed E-state index contributed by atoms with van der Waals surface area (Å²) >= 11 is 2.98. The lowest BCUT2D eigenvalue weighted by atomic mass is 10.2. The van der Waals surface area contributed by atoms with Crippen LogP contribution in [0.2, 0.25) is 0 Å². The maximum absolute atomic E-state index is 11.7. The molecule has 1 aromatic rings. The molecular formula is C11H14BrN3O4S. The number of nitro benzene ring substituents is 1. The van der Waals surface area contributed by atoms with E-state index in [1.54, 1.807) is 12.1 Å². The number of nitro groups is 1. The number of hydrogen-bond donors (Lipinski definition) is 0. The third kappa shape index (κ3) is 3.28. The van der Waals surface area contributed by atoms with Crippen LogP contribution in [0.4, 0.5) is 11.4 Å². The van der Waals surface area contributed by atoms with Crippen molar-refractivity contribution in [2.75, 3.05) is 35.7 Å². The van der Waals surface area contributed by atoms with Gasteiger partial charge in [0.1, 0.15) is 4.66 Å². The fourth-order valence-corrected chi connectivity index (χ4v) is 3.80. The van der Waals surface area contributed by atoms with E-state index in [0.717, 1.165) is 5.69 Å². The van der Waals surface area contributed by atoms with E-state index < -0.39 is 14.9 Å². The number of non-ortho nitro benzene ring substituents is 1. The number of hydrogen-bond acceptors (Lipinski definition) is 5. The van der Waals surface area contributed by atoms with Crippen LogP contribution in [-0.2, 0) is 10.0 Å². The Hall–Kier alpha value is -1.19. The van der Waals surface area contributed by atoms with Crippen LogP contribution in [0, 0.1) is 10.1 Å². The summed E-state index contributed by atoms with van der Waals surface area (Å²) in [5.74, 6) is 0. The summed E-state index contributed by atoms with van der Waals surface area (Å²) in [6.07, 6.45) is 0. The van der Waals surface area contributed by atoms with Gasteiger partial charge in [-0.1, -0.05) is 15.9 Å². The lowest BCUT2D eigenvalue weighted by Gasteiger charge is -2.35. The molecule has 20 heavy (non-hydrogen) atoms. The Labute approximate surface area is 125 Å². The van der Waals surface area contributed by atoms with Crippen molar-refractivity contribution in [3.8, 4) is 0 Å². The first kappa shape index (κ1) is 15.2. The Morgan fingerprint density at radius 1 is 1.15 bits per heavy atom. The molecule has 0 aliphatic carbocycles. The lowest BCUT2D eigenvalue weighted by Crippen LogP contribution is -2.48. The predicted octanol–water partition coefficient (Wildman–Crippen LogP) is 1.40. The molecule has 7 nitrogen and oxygen atoms in total. The minimum absolute atomic E-state index is 0.0502. The second kappa shape index (κ2) is 6.06. The zero-order valence-electron chi connectivity index (χ0n) is 10.6. The van der Waals surface area contributed by atoms with Crippen LogP contribution in [-0.4, -0.2) is 48.5 Å². The minimum atomic E-state index is -3.21. The molecule has 0 amide bonds. The van der Waals surface area contributed by atoms with Crippen molar-refractivity contribution in [3.05, 3.63) is 34.4 Å². The second-order valence-electron chi connectivity index (χ2n) is 4.38. The van der Waals surface area contributed by atoms with E-state index in [1.165, 1.54) is 16.4 Å². The molecule has 110 valence electrons. The Kier molecular flexibility index (Phi) is 4.61. The highest BCUT2D eigenvalue weighted by atomic mass is 79.9. The Bertz CT molecular complexity index is 582. The van der Waals surface area contributed by atoms with Crippen molar-refractivity contribution in [3.63, 3.8) is 0 Å². The van der Waals surface area contributed by atoms with Crippen LogP contribution in [0.15, 0.2) is 24.3 Å². The van der Waals surface area contributed by atoms with Crippen LogP contribution >= 0.6 is 15.9 Å². The van der Waals surface area contributed by atoms with Crippen molar-refractivity contribution < 1.29 is 13.3 Å². The lowest BCUT2D eigenvalue weighted by molar-refractivity contribution is -0.384. The van der Waals surface area contributed by atoms with Crippen LogP contribution < -0.4 is 4.90 Å². The average Bonchev–Trinajstić information content (AvgIpc) is 2.47. The van der Waals surface area contributed by atoms with E-state index in [-0.39, 0.29) is 10.3 Å². The molecule has 0 radical (unpaired) electrons. The van der Waals surface area contributed by atoms with Gasteiger partial charge in [-0.3, -0.25) is 10.1 Å². The van der Waals surface area contributed by atoms with E-state index in [2.05, 4.69) is 15.9 Å². The van der Waals surface area contributed by atoms with Gasteiger partial charge in [-0.25, -0.2) is 8.42 Å². The molecule has 9 heteroatoms. The van der Waals surface area contributed by atoms with Crippen LogP contribution in [0.25, 0.3) is 0 Å². The number of halogens is 1. The Morgan fingerprint density at radius 3 is 2.15 bits per heavy atom. The molecule has 0 aromatic heterocycles. The number of benzene rings is 1. The normalized spacial score (nSPS) is 17.1. The molecule has 0 bridgehead atoms. The summed E-state index contributed by atoms with van der Waals surface area (Å²) < 4.78 is 24.8. The number of rotatable bonds is 4. The molecule has 1 heterocycles. The molecule has 1 aromatic carbocycles. The van der Waals surface area contributed by atoms with Gasteiger partial charge in [0.05, 0.1) is 4.92 Å². The second-order valence-corrected chi connectivity index (χ2v) is 7.65. The molecule has 0 atom stereocenters. The number of anilines is 1. The van der Waals surface area contributed by atoms with Gasteiger partial charge in [-0.05, 0) is 12.1 Å². The molecule has 1 aliphatic rings. The molecule has 0 spiro atoms. The van der Waals surface area contributed by atoms with Crippen molar-refractivity contribution in [1.29, 1.82) is 0 Å². The first-order chi connectivity index (χ1) is 9.44. The number of alkyl halides is 1. The fourth-order valence-electron chi connectivity index (χ4n) is 2.08. The molecule has 0 N–H and O–H groups in total. The van der Waals surface area contributed by atoms with Crippen molar-refractivity contribution in [2.24, 2.45) is 0 Å². The molecule has 1 saturated heterocycles. The van der Waals surface area contributed by atoms with Crippen LogP contribution in [0.1, 0.15) is 0 Å². The summed E-state index contributed by atoms with van der Waals surface area (Å²) in [6.45, 7) is 1.99. The van der Waals surface area contributed by atoms with E-state index >= 15 is 0 Å². The highest BCUT2D eigenvalue weighted by Crippen LogP contribution is 2.21. The maximum atomic E-state index is 11.7. The SMILES string of the molecule is O=[N+]([O-])c1ccc(N2CCN(S(=O)(=O)CBr)CC2)cc1. The first-order valence-corrected chi connectivity index (χ1v) is 8.70. The van der Waals surface area contributed by atoms with Gasteiger partial charge < -0.3 is 4.90 Å². The zero-order chi connectivity index (χ0) is 14.8. The molecule has 1 fully saturated rings. The highest BCUT2D eigenvalue weighted by molar-refractivity contribution is 9.10. The van der Waals surface area contributed by atoms with E-state index in [0.29, 0.717) is 26.2 Å². The van der Waals surface area contributed by atoms with Crippen molar-refractivity contribution in [1.82, 2.24) is 4.31 Å². The van der Waals surface area contributed by atoms with E-state index in [1.807, 2.05) is 4.90 Å². The topological polar surface area (TPSA) is 83.8 Å². The smallest absolute Gasteiger partial charge is 0.269 e. The average molecular weight is 364 g/mol. The third-order valence-electron chi connectivity index (χ3n) is 3.20. The summed E-state index contributed by atoms with van der Waals surface area (Å²) in [7, 11) is -3.21.